The van der Waals surface area contributed by atoms with Gasteiger partial charge in [-0.15, -0.1) is 0 Å². The second-order valence-electron chi connectivity index (χ2n) is 5.21. The summed E-state index contributed by atoms with van der Waals surface area (Å²) in [6, 6.07) is 9.00. The van der Waals surface area contributed by atoms with Crippen molar-refractivity contribution in [2.45, 2.75) is 6.54 Å². The fourth-order valence-corrected chi connectivity index (χ4v) is 2.50. The summed E-state index contributed by atoms with van der Waals surface area (Å²) in [5, 5.41) is 2.89. The van der Waals surface area contributed by atoms with E-state index in [1.165, 1.54) is 0 Å². The van der Waals surface area contributed by atoms with Gasteiger partial charge in [-0.25, -0.2) is 9.97 Å². The number of nitrogens with zero attached hydrogens (tertiary/aromatic N) is 3. The smallest absolute Gasteiger partial charge is 0.251 e. The number of ether oxygens (including phenoxy) is 2. The second kappa shape index (κ2) is 6.04. The van der Waals surface area contributed by atoms with Crippen LogP contribution in [0.4, 0.5) is 0 Å². The predicted octanol–water partition coefficient (Wildman–Crippen LogP) is 1.93. The minimum Gasteiger partial charge on any atom is -0.454 e. The van der Waals surface area contributed by atoms with Crippen LogP contribution in [0.5, 0.6) is 11.5 Å². The molecule has 1 amide bonds. The zero-order valence-electron chi connectivity index (χ0n) is 12.7. The first-order chi connectivity index (χ1) is 11.8. The number of carbonyl (C=O) groups excluding carboxylic acids is 1. The molecule has 0 spiro atoms. The normalized spacial score (nSPS) is 12.2. The van der Waals surface area contributed by atoms with E-state index in [-0.39, 0.29) is 12.7 Å². The Labute approximate surface area is 137 Å². The van der Waals surface area contributed by atoms with Crippen LogP contribution in [0.15, 0.2) is 55.2 Å². The lowest BCUT2D eigenvalue weighted by Crippen LogP contribution is -2.23. The van der Waals surface area contributed by atoms with E-state index >= 15 is 0 Å². The standard InChI is InChI=1S/C17H14N4O3/c22-17(12-4-5-19-15(8-12)21-7-6-18-10-21)20-9-13-2-1-3-14-16(13)24-11-23-14/h1-8,10H,9,11H2,(H,20,22). The second-order valence-corrected chi connectivity index (χ2v) is 5.21. The highest BCUT2D eigenvalue weighted by atomic mass is 16.7. The molecule has 1 aromatic carbocycles. The fraction of sp³-hybridized carbons (Fsp3) is 0.118. The molecule has 0 atom stereocenters. The van der Waals surface area contributed by atoms with Crippen molar-refractivity contribution in [1.82, 2.24) is 19.9 Å². The van der Waals surface area contributed by atoms with E-state index in [2.05, 4.69) is 15.3 Å². The van der Waals surface area contributed by atoms with Crippen molar-refractivity contribution in [3.05, 3.63) is 66.4 Å². The number of pyridine rings is 1. The summed E-state index contributed by atoms with van der Waals surface area (Å²) < 4.78 is 12.5. The van der Waals surface area contributed by atoms with Crippen LogP contribution in [-0.2, 0) is 6.54 Å². The van der Waals surface area contributed by atoms with Crippen LogP contribution >= 0.6 is 0 Å². The Morgan fingerprint density at radius 3 is 3.08 bits per heavy atom. The van der Waals surface area contributed by atoms with Crippen molar-refractivity contribution < 1.29 is 14.3 Å². The number of aromatic nitrogens is 3. The molecule has 7 nitrogen and oxygen atoms in total. The van der Waals surface area contributed by atoms with Crippen LogP contribution in [-0.4, -0.2) is 27.2 Å². The third-order valence-corrected chi connectivity index (χ3v) is 3.69. The highest BCUT2D eigenvalue weighted by Crippen LogP contribution is 2.35. The molecule has 0 saturated carbocycles. The van der Waals surface area contributed by atoms with Gasteiger partial charge in [-0.05, 0) is 18.2 Å². The Balaban J connectivity index is 1.49. The fourth-order valence-electron chi connectivity index (χ4n) is 2.50. The van der Waals surface area contributed by atoms with Crippen LogP contribution in [0.3, 0.4) is 0 Å². The summed E-state index contributed by atoms with van der Waals surface area (Å²) in [7, 11) is 0. The Hall–Kier alpha value is -3.35. The molecule has 24 heavy (non-hydrogen) atoms. The number of carbonyl (C=O) groups is 1. The van der Waals surface area contributed by atoms with Gasteiger partial charge in [-0.2, -0.15) is 0 Å². The maximum atomic E-state index is 12.4. The molecule has 0 unspecified atom stereocenters. The van der Waals surface area contributed by atoms with E-state index in [1.54, 1.807) is 41.6 Å². The molecule has 0 saturated heterocycles. The van der Waals surface area contributed by atoms with Gasteiger partial charge in [0.25, 0.3) is 5.91 Å². The lowest BCUT2D eigenvalue weighted by molar-refractivity contribution is 0.0950. The average Bonchev–Trinajstić information content (AvgIpc) is 3.31. The lowest BCUT2D eigenvalue weighted by Gasteiger charge is -2.09. The minimum absolute atomic E-state index is 0.185. The van der Waals surface area contributed by atoms with Crippen LogP contribution < -0.4 is 14.8 Å². The topological polar surface area (TPSA) is 78.3 Å². The maximum absolute atomic E-state index is 12.4. The third-order valence-electron chi connectivity index (χ3n) is 3.69. The van der Waals surface area contributed by atoms with Crippen molar-refractivity contribution >= 4 is 5.91 Å². The van der Waals surface area contributed by atoms with Crippen LogP contribution in [0.25, 0.3) is 5.82 Å². The number of amides is 1. The van der Waals surface area contributed by atoms with Gasteiger partial charge in [0.2, 0.25) is 6.79 Å². The summed E-state index contributed by atoms with van der Waals surface area (Å²) in [5.41, 5.74) is 1.40. The summed E-state index contributed by atoms with van der Waals surface area (Å²) in [6.45, 7) is 0.563. The molecule has 3 aromatic rings. The molecule has 0 aliphatic carbocycles. The first kappa shape index (κ1) is 14.3. The molecule has 0 radical (unpaired) electrons. The summed E-state index contributed by atoms with van der Waals surface area (Å²) in [6.07, 6.45) is 6.66. The number of fused-ring (bicyclic) bond motifs is 1. The summed E-state index contributed by atoms with van der Waals surface area (Å²) in [4.78, 5) is 20.6. The molecule has 1 aliphatic heterocycles. The molecule has 0 bridgehead atoms. The number of nitrogens with one attached hydrogen (secondary N) is 1. The highest BCUT2D eigenvalue weighted by Gasteiger charge is 2.17. The van der Waals surface area contributed by atoms with Crippen LogP contribution in [0.2, 0.25) is 0 Å². The number of hydrogen-bond donors (Lipinski definition) is 1. The van der Waals surface area contributed by atoms with Gasteiger partial charge in [-0.3, -0.25) is 9.36 Å². The van der Waals surface area contributed by atoms with Crippen molar-refractivity contribution in [2.75, 3.05) is 6.79 Å². The first-order valence-electron chi connectivity index (χ1n) is 7.41. The summed E-state index contributed by atoms with van der Waals surface area (Å²) in [5.74, 6) is 1.84. The van der Waals surface area contributed by atoms with Crippen molar-refractivity contribution in [3.63, 3.8) is 0 Å². The van der Waals surface area contributed by atoms with E-state index in [1.807, 2.05) is 18.2 Å². The Morgan fingerprint density at radius 2 is 2.21 bits per heavy atom. The molecule has 4 rings (SSSR count). The third kappa shape index (κ3) is 2.67. The summed E-state index contributed by atoms with van der Waals surface area (Å²) >= 11 is 0. The van der Waals surface area contributed by atoms with Crippen LogP contribution in [0, 0.1) is 0 Å². The van der Waals surface area contributed by atoms with Gasteiger partial charge in [0.15, 0.2) is 11.5 Å². The van der Waals surface area contributed by atoms with E-state index in [4.69, 9.17) is 9.47 Å². The monoisotopic (exact) mass is 322 g/mol. The zero-order chi connectivity index (χ0) is 16.4. The highest BCUT2D eigenvalue weighted by molar-refractivity contribution is 5.94. The predicted molar refractivity (Wildman–Crippen MR) is 85.1 cm³/mol. The van der Waals surface area contributed by atoms with Gasteiger partial charge < -0.3 is 14.8 Å². The van der Waals surface area contributed by atoms with Gasteiger partial charge in [0.05, 0.1) is 0 Å². The molecule has 1 aliphatic rings. The number of para-hydroxylation sites is 1. The Bertz CT molecular complexity index is 877. The molecular weight excluding hydrogens is 308 g/mol. The zero-order valence-corrected chi connectivity index (χ0v) is 12.7. The van der Waals surface area contributed by atoms with E-state index < -0.39 is 0 Å². The van der Waals surface area contributed by atoms with Gasteiger partial charge in [-0.1, -0.05) is 12.1 Å². The first-order valence-corrected chi connectivity index (χ1v) is 7.41. The average molecular weight is 322 g/mol. The van der Waals surface area contributed by atoms with Crippen molar-refractivity contribution in [1.29, 1.82) is 0 Å². The SMILES string of the molecule is O=C(NCc1cccc2c1OCO2)c1ccnc(-n2ccnc2)c1. The lowest BCUT2D eigenvalue weighted by atomic mass is 10.1. The Kier molecular flexibility index (Phi) is 3.59. The maximum Gasteiger partial charge on any atom is 0.251 e. The van der Waals surface area contributed by atoms with E-state index in [0.717, 1.165) is 5.56 Å². The van der Waals surface area contributed by atoms with Gasteiger partial charge in [0.1, 0.15) is 12.1 Å². The Morgan fingerprint density at radius 1 is 1.25 bits per heavy atom. The molecular formula is C17H14N4O3. The van der Waals surface area contributed by atoms with Crippen molar-refractivity contribution in [3.8, 4) is 17.3 Å². The largest absolute Gasteiger partial charge is 0.454 e. The number of hydrogen-bond acceptors (Lipinski definition) is 5. The van der Waals surface area contributed by atoms with Gasteiger partial charge >= 0.3 is 0 Å². The van der Waals surface area contributed by atoms with E-state index in [0.29, 0.717) is 29.4 Å². The quantitative estimate of drug-likeness (QED) is 0.794. The molecule has 3 heterocycles. The molecule has 2 aromatic heterocycles. The number of imidazole rings is 1. The van der Waals surface area contributed by atoms with Crippen molar-refractivity contribution in [2.24, 2.45) is 0 Å². The molecule has 7 heteroatoms. The number of rotatable bonds is 4. The minimum atomic E-state index is -0.185. The molecule has 1 N–H and O–H groups in total. The number of benzene rings is 1. The molecule has 0 fully saturated rings. The molecule has 120 valence electrons. The van der Waals surface area contributed by atoms with E-state index in [9.17, 15) is 4.79 Å². The van der Waals surface area contributed by atoms with Gasteiger partial charge in [0, 0.05) is 36.3 Å². The van der Waals surface area contributed by atoms with Crippen LogP contribution in [0.1, 0.15) is 15.9 Å².